The van der Waals surface area contributed by atoms with Gasteiger partial charge < -0.3 is 19.9 Å². The minimum atomic E-state index is 0.0303. The Morgan fingerprint density at radius 1 is 1.00 bits per heavy atom. The fourth-order valence-corrected chi connectivity index (χ4v) is 6.58. The Hall–Kier alpha value is -3.00. The standard InChI is InChI=1S/C30H41N5O3/c1-4-38-30-31-20(2)27(21(3)32-30)29(37)35-18-24-16-34(17-25(24)19-35)15-14-26(22-10-6-5-7-11-22)33-28(36)23-12-8-9-13-23/h5-7,10-11,23-26H,4,8-9,12-19H2,1-3H3,(H,33,36)/t24?,25?,26-/m0/s1. The average molecular weight is 520 g/mol. The maximum Gasteiger partial charge on any atom is 0.316 e. The van der Waals surface area contributed by atoms with Crippen molar-refractivity contribution in [3.63, 3.8) is 0 Å². The third-order valence-corrected chi connectivity index (χ3v) is 8.57. The Labute approximate surface area is 226 Å². The first-order valence-corrected chi connectivity index (χ1v) is 14.3. The van der Waals surface area contributed by atoms with Crippen LogP contribution in [0.3, 0.4) is 0 Å². The van der Waals surface area contributed by atoms with E-state index in [4.69, 9.17) is 4.74 Å². The largest absolute Gasteiger partial charge is 0.464 e. The first kappa shape index (κ1) is 26.6. The highest BCUT2D eigenvalue weighted by molar-refractivity contribution is 5.96. The van der Waals surface area contributed by atoms with Gasteiger partial charge in [0.2, 0.25) is 5.91 Å². The molecule has 0 bridgehead atoms. The Morgan fingerprint density at radius 2 is 1.63 bits per heavy atom. The van der Waals surface area contributed by atoms with Crippen LogP contribution in [0.5, 0.6) is 6.01 Å². The number of hydrogen-bond acceptors (Lipinski definition) is 6. The van der Waals surface area contributed by atoms with Crippen molar-refractivity contribution in [2.45, 2.75) is 58.9 Å². The molecule has 1 aromatic carbocycles. The number of carbonyl (C=O) groups is 2. The molecule has 3 atom stereocenters. The Kier molecular flexibility index (Phi) is 8.27. The second-order valence-corrected chi connectivity index (χ2v) is 11.2. The number of rotatable bonds is 9. The molecule has 8 heteroatoms. The highest BCUT2D eigenvalue weighted by Gasteiger charge is 2.42. The summed E-state index contributed by atoms with van der Waals surface area (Å²) in [5.74, 6) is 1.37. The van der Waals surface area contributed by atoms with Crippen molar-refractivity contribution in [2.24, 2.45) is 17.8 Å². The number of likely N-dealkylation sites (tertiary alicyclic amines) is 2. The minimum Gasteiger partial charge on any atom is -0.464 e. The van der Waals surface area contributed by atoms with Crippen LogP contribution in [0.4, 0.5) is 0 Å². The molecule has 1 aliphatic carbocycles. The van der Waals surface area contributed by atoms with Gasteiger partial charge in [-0.2, -0.15) is 9.97 Å². The number of carbonyl (C=O) groups excluding carboxylic acids is 2. The van der Waals surface area contributed by atoms with Crippen molar-refractivity contribution >= 4 is 11.8 Å². The average Bonchev–Trinajstić information content (AvgIpc) is 3.64. The van der Waals surface area contributed by atoms with Crippen LogP contribution in [0.15, 0.2) is 30.3 Å². The maximum absolute atomic E-state index is 13.4. The van der Waals surface area contributed by atoms with Gasteiger partial charge in [-0.1, -0.05) is 43.2 Å². The van der Waals surface area contributed by atoms with Crippen molar-refractivity contribution in [3.8, 4) is 6.01 Å². The third kappa shape index (κ3) is 5.85. The zero-order chi connectivity index (χ0) is 26.6. The summed E-state index contributed by atoms with van der Waals surface area (Å²) in [5, 5.41) is 3.37. The van der Waals surface area contributed by atoms with Crippen molar-refractivity contribution in [1.29, 1.82) is 0 Å². The zero-order valence-electron chi connectivity index (χ0n) is 23.0. The quantitative estimate of drug-likeness (QED) is 0.540. The number of aromatic nitrogens is 2. The minimum absolute atomic E-state index is 0.0303. The van der Waals surface area contributed by atoms with E-state index in [-0.39, 0.29) is 23.8 Å². The lowest BCUT2D eigenvalue weighted by Crippen LogP contribution is -2.37. The van der Waals surface area contributed by atoms with E-state index in [0.29, 0.717) is 41.4 Å². The van der Waals surface area contributed by atoms with Gasteiger partial charge in [0.25, 0.3) is 5.91 Å². The summed E-state index contributed by atoms with van der Waals surface area (Å²) in [6.45, 7) is 10.6. The Bertz CT molecular complexity index is 1100. The summed E-state index contributed by atoms with van der Waals surface area (Å²) in [4.78, 5) is 39.6. The van der Waals surface area contributed by atoms with E-state index < -0.39 is 0 Å². The number of fused-ring (bicyclic) bond motifs is 1. The van der Waals surface area contributed by atoms with Gasteiger partial charge >= 0.3 is 6.01 Å². The number of nitrogens with zero attached hydrogens (tertiary/aromatic N) is 4. The molecular formula is C30H41N5O3. The van der Waals surface area contributed by atoms with Gasteiger partial charge in [0.05, 0.1) is 29.6 Å². The lowest BCUT2D eigenvalue weighted by atomic mass is 10.0. The van der Waals surface area contributed by atoms with Crippen molar-refractivity contribution < 1.29 is 14.3 Å². The number of aryl methyl sites for hydroxylation is 2. The molecule has 2 unspecified atom stereocenters. The normalized spacial score (nSPS) is 22.4. The fraction of sp³-hybridized carbons (Fsp3) is 0.600. The molecule has 2 saturated heterocycles. The van der Waals surface area contributed by atoms with Crippen LogP contribution in [0.2, 0.25) is 0 Å². The van der Waals surface area contributed by atoms with Gasteiger partial charge in [-0.05, 0) is 57.4 Å². The van der Waals surface area contributed by atoms with Crippen LogP contribution in [0.25, 0.3) is 0 Å². The van der Waals surface area contributed by atoms with Crippen LogP contribution in [-0.2, 0) is 4.79 Å². The van der Waals surface area contributed by atoms with Crippen LogP contribution in [0, 0.1) is 31.6 Å². The summed E-state index contributed by atoms with van der Waals surface area (Å²) >= 11 is 0. The van der Waals surface area contributed by atoms with E-state index >= 15 is 0 Å². The highest BCUT2D eigenvalue weighted by atomic mass is 16.5. The Balaban J connectivity index is 1.16. The first-order valence-electron chi connectivity index (χ1n) is 14.3. The second-order valence-electron chi connectivity index (χ2n) is 11.2. The maximum atomic E-state index is 13.4. The molecule has 204 valence electrons. The predicted octanol–water partition coefficient (Wildman–Crippen LogP) is 3.93. The SMILES string of the molecule is CCOc1nc(C)c(C(=O)N2CC3CN(CC[C@H](NC(=O)C4CCCC4)c4ccccc4)CC3C2)c(C)n1. The molecule has 3 aliphatic rings. The van der Waals surface area contributed by atoms with E-state index in [1.807, 2.05) is 31.7 Å². The number of hydrogen-bond donors (Lipinski definition) is 1. The van der Waals surface area contributed by atoms with Crippen LogP contribution >= 0.6 is 0 Å². The van der Waals surface area contributed by atoms with Crippen molar-refractivity contribution in [1.82, 2.24) is 25.1 Å². The molecule has 5 rings (SSSR count). The summed E-state index contributed by atoms with van der Waals surface area (Å²) in [6.07, 6.45) is 5.25. The van der Waals surface area contributed by atoms with Gasteiger partial charge in [0.15, 0.2) is 0 Å². The molecule has 2 aliphatic heterocycles. The second kappa shape index (κ2) is 11.8. The lowest BCUT2D eigenvalue weighted by molar-refractivity contribution is -0.125. The molecule has 1 saturated carbocycles. The summed E-state index contributed by atoms with van der Waals surface area (Å²) < 4.78 is 5.44. The molecule has 38 heavy (non-hydrogen) atoms. The molecular weight excluding hydrogens is 478 g/mol. The van der Waals surface area contributed by atoms with E-state index in [9.17, 15) is 9.59 Å². The zero-order valence-corrected chi connectivity index (χ0v) is 23.0. The predicted molar refractivity (Wildman–Crippen MR) is 146 cm³/mol. The molecule has 1 aromatic heterocycles. The van der Waals surface area contributed by atoms with Crippen LogP contribution in [0.1, 0.15) is 72.4 Å². The molecule has 2 amide bonds. The molecule has 3 heterocycles. The molecule has 8 nitrogen and oxygen atoms in total. The first-order chi connectivity index (χ1) is 18.4. The van der Waals surface area contributed by atoms with E-state index in [2.05, 4.69) is 44.5 Å². The topological polar surface area (TPSA) is 87.7 Å². The van der Waals surface area contributed by atoms with Gasteiger partial charge in [-0.3, -0.25) is 9.59 Å². The molecule has 0 spiro atoms. The molecule has 0 radical (unpaired) electrons. The number of nitrogens with one attached hydrogen (secondary N) is 1. The van der Waals surface area contributed by atoms with Gasteiger partial charge in [-0.15, -0.1) is 0 Å². The number of ether oxygens (including phenoxy) is 1. The molecule has 1 N–H and O–H groups in total. The summed E-state index contributed by atoms with van der Waals surface area (Å²) in [7, 11) is 0. The van der Waals surface area contributed by atoms with E-state index in [0.717, 1.165) is 64.8 Å². The van der Waals surface area contributed by atoms with Crippen molar-refractivity contribution in [2.75, 3.05) is 39.3 Å². The number of benzene rings is 1. The van der Waals surface area contributed by atoms with E-state index in [1.54, 1.807) is 0 Å². The van der Waals surface area contributed by atoms with Gasteiger partial charge in [-0.25, -0.2) is 0 Å². The smallest absolute Gasteiger partial charge is 0.316 e. The summed E-state index contributed by atoms with van der Waals surface area (Å²) in [6, 6.07) is 10.7. The highest BCUT2D eigenvalue weighted by Crippen LogP contribution is 2.33. The van der Waals surface area contributed by atoms with Crippen LogP contribution in [-0.4, -0.2) is 70.9 Å². The monoisotopic (exact) mass is 519 g/mol. The molecule has 2 aromatic rings. The number of amides is 2. The van der Waals surface area contributed by atoms with Crippen molar-refractivity contribution in [3.05, 3.63) is 52.8 Å². The summed E-state index contributed by atoms with van der Waals surface area (Å²) in [5.41, 5.74) is 3.14. The fourth-order valence-electron chi connectivity index (χ4n) is 6.58. The lowest BCUT2D eigenvalue weighted by Gasteiger charge is -2.26. The van der Waals surface area contributed by atoms with Crippen LogP contribution < -0.4 is 10.1 Å². The molecule has 3 fully saturated rings. The third-order valence-electron chi connectivity index (χ3n) is 8.57. The Morgan fingerprint density at radius 3 is 2.24 bits per heavy atom. The van der Waals surface area contributed by atoms with Gasteiger partial charge in [0, 0.05) is 38.6 Å². The van der Waals surface area contributed by atoms with E-state index in [1.165, 1.54) is 5.56 Å². The van der Waals surface area contributed by atoms with Gasteiger partial charge in [0.1, 0.15) is 0 Å².